The van der Waals surface area contributed by atoms with E-state index < -0.39 is 17.7 Å². The Kier molecular flexibility index (Phi) is 3.43. The minimum absolute atomic E-state index is 0.338. The van der Waals surface area contributed by atoms with E-state index in [1.807, 2.05) is 0 Å². The maximum absolute atomic E-state index is 12.0. The van der Waals surface area contributed by atoms with Crippen molar-refractivity contribution in [1.29, 1.82) is 0 Å². The molecule has 0 aromatic heterocycles. The van der Waals surface area contributed by atoms with Crippen molar-refractivity contribution in [2.75, 3.05) is 0 Å². The van der Waals surface area contributed by atoms with Crippen LogP contribution < -0.4 is 4.74 Å². The van der Waals surface area contributed by atoms with Crippen molar-refractivity contribution < 1.29 is 27.8 Å². The molecule has 0 aliphatic heterocycles. The van der Waals surface area contributed by atoms with Gasteiger partial charge in [0.15, 0.2) is 0 Å². The minimum atomic E-state index is -4.74. The third-order valence-electron chi connectivity index (χ3n) is 3.51. The lowest BCUT2D eigenvalue weighted by atomic mass is 9.79. The molecule has 0 heterocycles. The molecule has 104 valence electrons. The zero-order chi connectivity index (χ0) is 14.1. The summed E-state index contributed by atoms with van der Waals surface area (Å²) < 4.78 is 39.9. The number of rotatable bonds is 3. The van der Waals surface area contributed by atoms with E-state index in [1.54, 1.807) is 0 Å². The van der Waals surface area contributed by atoms with E-state index in [2.05, 4.69) is 4.74 Å². The smallest absolute Gasteiger partial charge is 0.481 e. The van der Waals surface area contributed by atoms with Crippen LogP contribution >= 0.6 is 0 Å². The molecule has 19 heavy (non-hydrogen) atoms. The Balaban J connectivity index is 2.24. The van der Waals surface area contributed by atoms with Crippen LogP contribution in [0, 0.1) is 0 Å². The summed E-state index contributed by atoms with van der Waals surface area (Å²) in [7, 11) is 0. The lowest BCUT2D eigenvalue weighted by Crippen LogP contribution is -2.32. The Labute approximate surface area is 108 Å². The maximum atomic E-state index is 12.0. The highest BCUT2D eigenvalue weighted by atomic mass is 19.4. The van der Waals surface area contributed by atoms with Crippen LogP contribution in [0.3, 0.4) is 0 Å². The molecular weight excluding hydrogens is 261 g/mol. The van der Waals surface area contributed by atoms with Gasteiger partial charge in [0, 0.05) is 0 Å². The fourth-order valence-electron chi connectivity index (χ4n) is 2.58. The van der Waals surface area contributed by atoms with E-state index in [4.69, 9.17) is 0 Å². The summed E-state index contributed by atoms with van der Waals surface area (Å²) in [6, 6.07) is 5.12. The van der Waals surface area contributed by atoms with Crippen molar-refractivity contribution in [3.63, 3.8) is 0 Å². The molecule has 0 unspecified atom stereocenters. The van der Waals surface area contributed by atoms with Crippen LogP contribution in [0.15, 0.2) is 24.3 Å². The van der Waals surface area contributed by atoms with Gasteiger partial charge < -0.3 is 9.84 Å². The number of benzene rings is 1. The van der Waals surface area contributed by atoms with E-state index in [0.717, 1.165) is 25.0 Å². The average Bonchev–Trinajstić information content (AvgIpc) is 2.78. The van der Waals surface area contributed by atoms with Crippen molar-refractivity contribution in [1.82, 2.24) is 0 Å². The Morgan fingerprint density at radius 3 is 2.11 bits per heavy atom. The second-order valence-corrected chi connectivity index (χ2v) is 4.67. The van der Waals surface area contributed by atoms with Crippen LogP contribution in [0.25, 0.3) is 0 Å². The van der Waals surface area contributed by atoms with E-state index in [-0.39, 0.29) is 5.75 Å². The molecule has 0 saturated heterocycles. The SMILES string of the molecule is O=C(O)C1(c2ccc(OC(F)(F)F)cc2)CCCC1. The number of hydrogen-bond donors (Lipinski definition) is 1. The molecule has 1 aromatic carbocycles. The van der Waals surface area contributed by atoms with Gasteiger partial charge in [-0.3, -0.25) is 4.79 Å². The molecule has 2 rings (SSSR count). The van der Waals surface area contributed by atoms with Gasteiger partial charge >= 0.3 is 12.3 Å². The van der Waals surface area contributed by atoms with Crippen molar-refractivity contribution in [2.45, 2.75) is 37.5 Å². The monoisotopic (exact) mass is 274 g/mol. The second kappa shape index (κ2) is 4.75. The van der Waals surface area contributed by atoms with E-state index >= 15 is 0 Å². The molecule has 1 aliphatic carbocycles. The molecule has 1 saturated carbocycles. The van der Waals surface area contributed by atoms with Crippen molar-refractivity contribution in [3.8, 4) is 5.75 Å². The van der Waals surface area contributed by atoms with Crippen LogP contribution in [-0.2, 0) is 10.2 Å². The Hall–Kier alpha value is -1.72. The van der Waals surface area contributed by atoms with Crippen LogP contribution in [0.1, 0.15) is 31.2 Å². The number of aliphatic carboxylic acids is 1. The van der Waals surface area contributed by atoms with E-state index in [1.165, 1.54) is 12.1 Å². The predicted octanol–water partition coefficient (Wildman–Crippen LogP) is 3.48. The first-order valence-corrected chi connectivity index (χ1v) is 5.93. The van der Waals surface area contributed by atoms with Crippen LogP contribution in [0.2, 0.25) is 0 Å². The molecule has 1 aromatic rings. The Morgan fingerprint density at radius 2 is 1.68 bits per heavy atom. The minimum Gasteiger partial charge on any atom is -0.481 e. The number of alkyl halides is 3. The first-order chi connectivity index (χ1) is 8.83. The summed E-state index contributed by atoms with van der Waals surface area (Å²) in [6.45, 7) is 0. The van der Waals surface area contributed by atoms with Gasteiger partial charge in [0.25, 0.3) is 0 Å². The van der Waals surface area contributed by atoms with Gasteiger partial charge in [-0.15, -0.1) is 13.2 Å². The van der Waals surface area contributed by atoms with Gasteiger partial charge in [0.05, 0.1) is 5.41 Å². The molecule has 0 radical (unpaired) electrons. The Bertz CT molecular complexity index is 459. The molecule has 1 fully saturated rings. The number of carboxylic acid groups (broad SMARTS) is 1. The van der Waals surface area contributed by atoms with Gasteiger partial charge in [-0.1, -0.05) is 25.0 Å². The largest absolute Gasteiger partial charge is 0.573 e. The second-order valence-electron chi connectivity index (χ2n) is 4.67. The zero-order valence-corrected chi connectivity index (χ0v) is 10.0. The normalized spacial score (nSPS) is 18.3. The van der Waals surface area contributed by atoms with Crippen molar-refractivity contribution >= 4 is 5.97 Å². The molecular formula is C13H13F3O3. The molecule has 1 aliphatic rings. The van der Waals surface area contributed by atoms with E-state index in [0.29, 0.717) is 18.4 Å². The fourth-order valence-corrected chi connectivity index (χ4v) is 2.58. The summed E-state index contributed by atoms with van der Waals surface area (Å²) in [4.78, 5) is 11.4. The van der Waals surface area contributed by atoms with Crippen LogP contribution in [-0.4, -0.2) is 17.4 Å². The number of carboxylic acids is 1. The van der Waals surface area contributed by atoms with Gasteiger partial charge in [0.1, 0.15) is 5.75 Å². The number of carbonyl (C=O) groups is 1. The lowest BCUT2D eigenvalue weighted by Gasteiger charge is -2.24. The molecule has 1 N–H and O–H groups in total. The summed E-state index contributed by atoms with van der Waals surface area (Å²) in [5, 5.41) is 9.36. The standard InChI is InChI=1S/C13H13F3O3/c14-13(15,16)19-10-5-3-9(4-6-10)12(11(17)18)7-1-2-8-12/h3-6H,1-2,7-8H2,(H,17,18). The first kappa shape index (κ1) is 13.7. The fraction of sp³-hybridized carbons (Fsp3) is 0.462. The number of hydrogen-bond acceptors (Lipinski definition) is 2. The van der Waals surface area contributed by atoms with Crippen LogP contribution in [0.5, 0.6) is 5.75 Å². The van der Waals surface area contributed by atoms with Gasteiger partial charge in [0.2, 0.25) is 0 Å². The predicted molar refractivity (Wildman–Crippen MR) is 60.9 cm³/mol. The molecule has 6 heteroatoms. The van der Waals surface area contributed by atoms with Gasteiger partial charge in [-0.25, -0.2) is 0 Å². The summed E-state index contributed by atoms with van der Waals surface area (Å²) >= 11 is 0. The molecule has 3 nitrogen and oxygen atoms in total. The highest BCUT2D eigenvalue weighted by Crippen LogP contribution is 2.42. The topological polar surface area (TPSA) is 46.5 Å². The summed E-state index contributed by atoms with van der Waals surface area (Å²) in [5.41, 5.74) is -0.427. The summed E-state index contributed by atoms with van der Waals surface area (Å²) in [5.74, 6) is -1.26. The zero-order valence-electron chi connectivity index (χ0n) is 10.0. The maximum Gasteiger partial charge on any atom is 0.573 e. The molecule has 0 spiro atoms. The third-order valence-corrected chi connectivity index (χ3v) is 3.51. The third kappa shape index (κ3) is 2.83. The summed E-state index contributed by atoms with van der Waals surface area (Å²) in [6.07, 6.45) is -2.08. The molecule has 0 atom stereocenters. The van der Waals surface area contributed by atoms with E-state index in [9.17, 15) is 23.1 Å². The lowest BCUT2D eigenvalue weighted by molar-refractivity contribution is -0.274. The number of halogens is 3. The van der Waals surface area contributed by atoms with Crippen molar-refractivity contribution in [3.05, 3.63) is 29.8 Å². The average molecular weight is 274 g/mol. The highest BCUT2D eigenvalue weighted by molar-refractivity contribution is 5.81. The quantitative estimate of drug-likeness (QED) is 0.917. The number of ether oxygens (including phenoxy) is 1. The molecule has 0 amide bonds. The first-order valence-electron chi connectivity index (χ1n) is 5.93. The van der Waals surface area contributed by atoms with Gasteiger partial charge in [-0.2, -0.15) is 0 Å². The van der Waals surface area contributed by atoms with Crippen molar-refractivity contribution in [2.24, 2.45) is 0 Å². The molecule has 0 bridgehead atoms. The van der Waals surface area contributed by atoms with Gasteiger partial charge in [-0.05, 0) is 30.5 Å². The highest BCUT2D eigenvalue weighted by Gasteiger charge is 2.42. The Morgan fingerprint density at radius 1 is 1.16 bits per heavy atom. The van der Waals surface area contributed by atoms with Crippen LogP contribution in [0.4, 0.5) is 13.2 Å².